The van der Waals surface area contributed by atoms with Crippen LogP contribution in [0.5, 0.6) is 0 Å². The highest BCUT2D eigenvalue weighted by atomic mass is 16.3. The lowest BCUT2D eigenvalue weighted by Gasteiger charge is -2.39. The Kier molecular flexibility index (Phi) is 2.03. The molecule has 0 amide bonds. The number of hydrogen-bond acceptors (Lipinski definition) is 5. The van der Waals surface area contributed by atoms with E-state index in [9.17, 15) is 5.11 Å². The summed E-state index contributed by atoms with van der Waals surface area (Å²) in [5.74, 6) is 0.128. The van der Waals surface area contributed by atoms with E-state index in [1.165, 1.54) is 0 Å². The van der Waals surface area contributed by atoms with Crippen molar-refractivity contribution in [3.05, 3.63) is 12.0 Å². The van der Waals surface area contributed by atoms with E-state index < -0.39 is 0 Å². The van der Waals surface area contributed by atoms with Crippen molar-refractivity contribution < 1.29 is 5.11 Å². The number of aliphatic hydroxyl groups excluding tert-OH is 1. The van der Waals surface area contributed by atoms with E-state index in [0.717, 1.165) is 0 Å². The van der Waals surface area contributed by atoms with Gasteiger partial charge in [-0.1, -0.05) is 0 Å². The zero-order valence-electron chi connectivity index (χ0n) is 6.73. The molecule has 5 nitrogen and oxygen atoms in total. The summed E-state index contributed by atoms with van der Waals surface area (Å²) in [4.78, 5) is 3.29. The topological polar surface area (TPSA) is 78.8 Å². The minimum absolute atomic E-state index is 0.128. The number of hydrogen-bond donors (Lipinski definition) is 3. The molecule has 1 rings (SSSR count). The maximum atomic E-state index is 9.24. The molecule has 1 heterocycles. The molecule has 5 N–H and O–H groups in total. The minimum Gasteiger partial charge on any atom is -0.495 e. The Morgan fingerprint density at radius 2 is 2.00 bits per heavy atom. The molecule has 1 aliphatic heterocycles. The molecule has 0 aliphatic carbocycles. The van der Waals surface area contributed by atoms with Crippen molar-refractivity contribution in [3.8, 4) is 0 Å². The number of rotatable bonds is 0. The molecule has 0 bridgehead atoms. The number of nitrogens with two attached hydrogens (primary N) is 2. The fraction of sp³-hybridized carbons (Fsp3) is 0.667. The molecule has 0 fully saturated rings. The van der Waals surface area contributed by atoms with Gasteiger partial charge < -0.3 is 15.7 Å². The van der Waals surface area contributed by atoms with Crippen LogP contribution in [0.1, 0.15) is 0 Å². The molecule has 2 unspecified atom stereocenters. The van der Waals surface area contributed by atoms with Gasteiger partial charge in [0, 0.05) is 13.1 Å². The minimum atomic E-state index is -0.352. The smallest absolute Gasteiger partial charge is 0.187 e. The second-order valence-electron chi connectivity index (χ2n) is 2.71. The third-order valence-corrected chi connectivity index (χ3v) is 1.97. The predicted octanol–water partition coefficient (Wildman–Crippen LogP) is -1.21. The highest BCUT2D eigenvalue weighted by Gasteiger charge is 2.25. The first-order valence-electron chi connectivity index (χ1n) is 3.40. The van der Waals surface area contributed by atoms with Crippen molar-refractivity contribution in [1.29, 1.82) is 0 Å². The van der Waals surface area contributed by atoms with Gasteiger partial charge >= 0.3 is 0 Å². The summed E-state index contributed by atoms with van der Waals surface area (Å²) < 4.78 is 0. The zero-order valence-corrected chi connectivity index (χ0v) is 6.73. The average Bonchev–Trinajstić information content (AvgIpc) is 1.97. The Hall–Kier alpha value is -0.780. The SMILES string of the molecule is CN1C(O)=CC(N)N(C)C1N. The second-order valence-corrected chi connectivity index (χ2v) is 2.71. The van der Waals surface area contributed by atoms with Gasteiger partial charge in [0.15, 0.2) is 5.88 Å². The van der Waals surface area contributed by atoms with Crippen molar-refractivity contribution in [2.75, 3.05) is 14.1 Å². The van der Waals surface area contributed by atoms with Crippen LogP contribution in [0.15, 0.2) is 12.0 Å². The molecular formula is C6H14N4O. The molecule has 0 aromatic rings. The Morgan fingerprint density at radius 1 is 1.45 bits per heavy atom. The van der Waals surface area contributed by atoms with Crippen LogP contribution in [0, 0.1) is 0 Å². The van der Waals surface area contributed by atoms with Gasteiger partial charge in [0.25, 0.3) is 0 Å². The summed E-state index contributed by atoms with van der Waals surface area (Å²) in [7, 11) is 3.51. The average molecular weight is 158 g/mol. The van der Waals surface area contributed by atoms with Gasteiger partial charge in [-0.05, 0) is 7.05 Å². The van der Waals surface area contributed by atoms with Gasteiger partial charge in [0.1, 0.15) is 6.29 Å². The summed E-state index contributed by atoms with van der Waals surface area (Å²) in [6.07, 6.45) is 0.889. The largest absolute Gasteiger partial charge is 0.495 e. The van der Waals surface area contributed by atoms with E-state index in [2.05, 4.69) is 0 Å². The zero-order chi connectivity index (χ0) is 8.59. The van der Waals surface area contributed by atoms with Crippen LogP contribution in [0.3, 0.4) is 0 Å². The third kappa shape index (κ3) is 1.30. The van der Waals surface area contributed by atoms with Crippen LogP contribution in [0.25, 0.3) is 0 Å². The Morgan fingerprint density at radius 3 is 2.55 bits per heavy atom. The monoisotopic (exact) mass is 158 g/mol. The van der Waals surface area contributed by atoms with Crippen molar-refractivity contribution >= 4 is 0 Å². The van der Waals surface area contributed by atoms with E-state index in [1.54, 1.807) is 30.0 Å². The first-order valence-corrected chi connectivity index (χ1v) is 3.40. The van der Waals surface area contributed by atoms with Gasteiger partial charge in [0.2, 0.25) is 0 Å². The van der Waals surface area contributed by atoms with E-state index in [4.69, 9.17) is 11.5 Å². The quantitative estimate of drug-likeness (QED) is 0.412. The molecule has 0 aromatic heterocycles. The third-order valence-electron chi connectivity index (χ3n) is 1.97. The molecule has 0 saturated carbocycles. The molecule has 1 aliphatic rings. The van der Waals surface area contributed by atoms with Crippen LogP contribution in [-0.4, -0.2) is 41.5 Å². The van der Waals surface area contributed by atoms with Crippen molar-refractivity contribution in [3.63, 3.8) is 0 Å². The standard InChI is InChI=1S/C6H14N4O/c1-9-4(7)3-5(11)10(2)6(9)8/h3-4,6,11H,7-8H2,1-2H3. The summed E-state index contributed by atoms with van der Waals surface area (Å²) in [5.41, 5.74) is 11.3. The van der Waals surface area contributed by atoms with Gasteiger partial charge in [-0.3, -0.25) is 10.6 Å². The van der Waals surface area contributed by atoms with Crippen LogP contribution in [-0.2, 0) is 0 Å². The normalized spacial score (nSPS) is 33.8. The number of aliphatic hydroxyl groups is 1. The molecule has 2 atom stereocenters. The van der Waals surface area contributed by atoms with Crippen LogP contribution < -0.4 is 11.5 Å². The lowest BCUT2D eigenvalue weighted by Crippen LogP contribution is -2.59. The van der Waals surface area contributed by atoms with Gasteiger partial charge in [0.05, 0.1) is 6.17 Å². The summed E-state index contributed by atoms with van der Waals surface area (Å²) >= 11 is 0. The Bertz CT molecular complexity index is 181. The Labute approximate surface area is 65.9 Å². The maximum Gasteiger partial charge on any atom is 0.187 e. The number of likely N-dealkylation sites (N-methyl/N-ethyl adjacent to an activating group) is 1. The molecule has 11 heavy (non-hydrogen) atoms. The fourth-order valence-corrected chi connectivity index (χ4v) is 0.973. The first-order chi connectivity index (χ1) is 5.04. The van der Waals surface area contributed by atoms with E-state index in [0.29, 0.717) is 0 Å². The highest BCUT2D eigenvalue weighted by Crippen LogP contribution is 2.11. The lowest BCUT2D eigenvalue weighted by atomic mass is 10.3. The van der Waals surface area contributed by atoms with Crippen molar-refractivity contribution in [2.45, 2.75) is 12.5 Å². The van der Waals surface area contributed by atoms with Crippen molar-refractivity contribution in [1.82, 2.24) is 9.80 Å². The summed E-state index contributed by atoms with van der Waals surface area (Å²) in [6, 6.07) is 0. The molecule has 5 heteroatoms. The molecule has 64 valence electrons. The summed E-state index contributed by atoms with van der Waals surface area (Å²) in [5, 5.41) is 9.24. The lowest BCUT2D eigenvalue weighted by molar-refractivity contribution is 0.0331. The molecule has 0 radical (unpaired) electrons. The number of nitrogens with zero attached hydrogens (tertiary/aromatic N) is 2. The summed E-state index contributed by atoms with van der Waals surface area (Å²) in [6.45, 7) is 0. The van der Waals surface area contributed by atoms with Crippen LogP contribution in [0.2, 0.25) is 0 Å². The predicted molar refractivity (Wildman–Crippen MR) is 42.2 cm³/mol. The van der Waals surface area contributed by atoms with E-state index in [1.807, 2.05) is 0 Å². The van der Waals surface area contributed by atoms with Crippen LogP contribution in [0.4, 0.5) is 0 Å². The molecule has 0 saturated heterocycles. The van der Waals surface area contributed by atoms with Gasteiger partial charge in [-0.2, -0.15) is 0 Å². The molecule has 0 aromatic carbocycles. The maximum absolute atomic E-state index is 9.24. The van der Waals surface area contributed by atoms with Gasteiger partial charge in [-0.15, -0.1) is 0 Å². The fourth-order valence-electron chi connectivity index (χ4n) is 0.973. The Balaban J connectivity index is 2.83. The molecule has 0 spiro atoms. The second kappa shape index (κ2) is 2.69. The molecular weight excluding hydrogens is 144 g/mol. The van der Waals surface area contributed by atoms with Crippen molar-refractivity contribution in [2.24, 2.45) is 11.5 Å². The van der Waals surface area contributed by atoms with E-state index in [-0.39, 0.29) is 18.3 Å². The highest BCUT2D eigenvalue weighted by molar-refractivity contribution is 5.02. The van der Waals surface area contributed by atoms with E-state index >= 15 is 0 Å². The van der Waals surface area contributed by atoms with Gasteiger partial charge in [-0.25, -0.2) is 0 Å². The first kappa shape index (κ1) is 8.32. The van der Waals surface area contributed by atoms with Crippen LogP contribution >= 0.6 is 0 Å².